The van der Waals surface area contributed by atoms with Gasteiger partial charge in [-0.15, -0.1) is 0 Å². The van der Waals surface area contributed by atoms with E-state index in [0.29, 0.717) is 24.0 Å². The SMILES string of the molecule is CCCN1C(=O)/C(=C/c2ccc(OCc3cccc4ccccc34)cc2)NC1=S. The minimum absolute atomic E-state index is 0.0758. The van der Waals surface area contributed by atoms with Crippen molar-refractivity contribution < 1.29 is 9.53 Å². The zero-order valence-corrected chi connectivity index (χ0v) is 17.0. The summed E-state index contributed by atoms with van der Waals surface area (Å²) >= 11 is 5.24. The molecule has 4 nitrogen and oxygen atoms in total. The highest BCUT2D eigenvalue weighted by atomic mass is 32.1. The number of thiocarbonyl (C=S) groups is 1. The molecule has 1 fully saturated rings. The number of ether oxygens (including phenoxy) is 1. The van der Waals surface area contributed by atoms with Crippen LogP contribution in [0.2, 0.25) is 0 Å². The highest BCUT2D eigenvalue weighted by Crippen LogP contribution is 2.22. The van der Waals surface area contributed by atoms with Crippen LogP contribution in [0.4, 0.5) is 0 Å². The molecule has 0 radical (unpaired) electrons. The zero-order valence-electron chi connectivity index (χ0n) is 16.2. The number of amides is 1. The molecule has 0 aromatic heterocycles. The van der Waals surface area contributed by atoms with E-state index in [1.807, 2.05) is 55.5 Å². The van der Waals surface area contributed by atoms with Gasteiger partial charge < -0.3 is 10.1 Å². The largest absolute Gasteiger partial charge is 0.489 e. The van der Waals surface area contributed by atoms with Crippen LogP contribution in [0.3, 0.4) is 0 Å². The van der Waals surface area contributed by atoms with Crippen LogP contribution in [-0.4, -0.2) is 22.5 Å². The molecular weight excluding hydrogens is 380 g/mol. The van der Waals surface area contributed by atoms with Gasteiger partial charge in [-0.3, -0.25) is 9.69 Å². The van der Waals surface area contributed by atoms with Gasteiger partial charge in [0.05, 0.1) is 0 Å². The van der Waals surface area contributed by atoms with E-state index < -0.39 is 0 Å². The van der Waals surface area contributed by atoms with Crippen LogP contribution in [0, 0.1) is 0 Å². The number of carbonyl (C=O) groups is 1. The average Bonchev–Trinajstić information content (AvgIpc) is 3.01. The summed E-state index contributed by atoms with van der Waals surface area (Å²) in [6, 6.07) is 22.2. The minimum atomic E-state index is -0.0758. The average molecular weight is 403 g/mol. The monoisotopic (exact) mass is 402 g/mol. The molecule has 0 bridgehead atoms. The van der Waals surface area contributed by atoms with Crippen molar-refractivity contribution in [3.63, 3.8) is 0 Å². The molecule has 3 aromatic carbocycles. The first-order valence-corrected chi connectivity index (χ1v) is 10.1. The number of hydrogen-bond acceptors (Lipinski definition) is 3. The minimum Gasteiger partial charge on any atom is -0.489 e. The normalized spacial score (nSPS) is 15.2. The second kappa shape index (κ2) is 8.45. The van der Waals surface area contributed by atoms with Crippen molar-refractivity contribution in [1.82, 2.24) is 10.2 Å². The lowest BCUT2D eigenvalue weighted by Gasteiger charge is -2.11. The van der Waals surface area contributed by atoms with Gasteiger partial charge in [-0.25, -0.2) is 0 Å². The Morgan fingerprint density at radius 1 is 1.03 bits per heavy atom. The summed E-state index contributed by atoms with van der Waals surface area (Å²) in [5, 5.41) is 5.88. The van der Waals surface area contributed by atoms with Crippen molar-refractivity contribution >= 4 is 40.1 Å². The fourth-order valence-electron chi connectivity index (χ4n) is 3.40. The van der Waals surface area contributed by atoms with E-state index in [-0.39, 0.29) is 5.91 Å². The second-order valence-electron chi connectivity index (χ2n) is 6.94. The number of nitrogens with one attached hydrogen (secondary N) is 1. The predicted molar refractivity (Wildman–Crippen MR) is 120 cm³/mol. The van der Waals surface area contributed by atoms with Crippen molar-refractivity contribution in [1.29, 1.82) is 0 Å². The van der Waals surface area contributed by atoms with E-state index in [4.69, 9.17) is 17.0 Å². The smallest absolute Gasteiger partial charge is 0.276 e. The second-order valence-corrected chi connectivity index (χ2v) is 7.33. The Morgan fingerprint density at radius 3 is 2.59 bits per heavy atom. The first-order chi connectivity index (χ1) is 14.2. The molecule has 3 aromatic rings. The molecule has 1 N–H and O–H groups in total. The molecule has 0 atom stereocenters. The van der Waals surface area contributed by atoms with Crippen molar-refractivity contribution in [2.24, 2.45) is 0 Å². The Labute approximate surface area is 175 Å². The molecule has 1 aliphatic rings. The van der Waals surface area contributed by atoms with E-state index in [1.165, 1.54) is 10.8 Å². The summed E-state index contributed by atoms with van der Waals surface area (Å²) in [7, 11) is 0. The molecule has 29 heavy (non-hydrogen) atoms. The first kappa shape index (κ1) is 19.2. The molecule has 4 rings (SSSR count). The number of benzene rings is 3. The molecule has 0 saturated carbocycles. The third-order valence-corrected chi connectivity index (χ3v) is 5.20. The maximum atomic E-state index is 12.4. The van der Waals surface area contributed by atoms with Crippen molar-refractivity contribution in [2.45, 2.75) is 20.0 Å². The Bertz CT molecular complexity index is 1080. The molecule has 0 spiro atoms. The summed E-state index contributed by atoms with van der Waals surface area (Å²) in [6.07, 6.45) is 2.68. The molecule has 146 valence electrons. The predicted octanol–water partition coefficient (Wildman–Crippen LogP) is 4.89. The molecule has 0 unspecified atom stereocenters. The van der Waals surface area contributed by atoms with E-state index in [2.05, 4.69) is 29.6 Å². The van der Waals surface area contributed by atoms with Crippen LogP contribution >= 0.6 is 12.2 Å². The fraction of sp³-hybridized carbons (Fsp3) is 0.167. The van der Waals surface area contributed by atoms with Gasteiger partial charge in [-0.2, -0.15) is 0 Å². The quantitative estimate of drug-likeness (QED) is 0.471. The van der Waals surface area contributed by atoms with Gasteiger partial charge in [-0.1, -0.05) is 61.5 Å². The summed E-state index contributed by atoms with van der Waals surface area (Å²) < 4.78 is 5.98. The van der Waals surface area contributed by atoms with Crippen molar-refractivity contribution in [3.05, 3.63) is 83.6 Å². The third-order valence-electron chi connectivity index (χ3n) is 4.87. The molecule has 1 heterocycles. The maximum absolute atomic E-state index is 12.4. The first-order valence-electron chi connectivity index (χ1n) is 9.70. The van der Waals surface area contributed by atoms with Crippen LogP contribution < -0.4 is 10.1 Å². The lowest BCUT2D eigenvalue weighted by Crippen LogP contribution is -2.31. The van der Waals surface area contributed by atoms with E-state index in [9.17, 15) is 4.79 Å². The van der Waals surface area contributed by atoms with Crippen LogP contribution in [0.5, 0.6) is 5.75 Å². The third kappa shape index (κ3) is 4.15. The van der Waals surface area contributed by atoms with Gasteiger partial charge in [0.25, 0.3) is 5.91 Å². The van der Waals surface area contributed by atoms with Gasteiger partial charge in [0.2, 0.25) is 0 Å². The van der Waals surface area contributed by atoms with Crippen LogP contribution in [0.1, 0.15) is 24.5 Å². The molecule has 1 saturated heterocycles. The Kier molecular flexibility index (Phi) is 5.58. The van der Waals surface area contributed by atoms with E-state index in [1.54, 1.807) is 4.90 Å². The lowest BCUT2D eigenvalue weighted by molar-refractivity contribution is -0.122. The number of hydrogen-bond donors (Lipinski definition) is 1. The van der Waals surface area contributed by atoms with Gasteiger partial charge in [0.1, 0.15) is 18.1 Å². The highest BCUT2D eigenvalue weighted by molar-refractivity contribution is 7.80. The van der Waals surface area contributed by atoms with Crippen molar-refractivity contribution in [2.75, 3.05) is 6.54 Å². The van der Waals surface area contributed by atoms with E-state index in [0.717, 1.165) is 23.3 Å². The Morgan fingerprint density at radius 2 is 1.79 bits per heavy atom. The topological polar surface area (TPSA) is 41.6 Å². The molecule has 1 aliphatic heterocycles. The van der Waals surface area contributed by atoms with Crippen LogP contribution in [0.15, 0.2) is 72.4 Å². The molecule has 5 heteroatoms. The lowest BCUT2D eigenvalue weighted by atomic mass is 10.1. The van der Waals surface area contributed by atoms with Gasteiger partial charge in [0, 0.05) is 6.54 Å². The summed E-state index contributed by atoms with van der Waals surface area (Å²) in [5.74, 6) is 0.710. The zero-order chi connectivity index (χ0) is 20.2. The highest BCUT2D eigenvalue weighted by Gasteiger charge is 2.29. The number of nitrogens with zero attached hydrogens (tertiary/aromatic N) is 1. The molecule has 1 amide bonds. The number of rotatable bonds is 6. The Balaban J connectivity index is 1.45. The standard InChI is InChI=1S/C24H22N2O2S/c1-2-14-26-23(27)22(25-24(26)29)15-17-10-12-20(13-11-17)28-16-19-8-5-7-18-6-3-4-9-21(18)19/h3-13,15H,2,14,16H2,1H3,(H,25,29)/b22-15-. The van der Waals surface area contributed by atoms with Crippen LogP contribution in [-0.2, 0) is 11.4 Å². The van der Waals surface area contributed by atoms with Gasteiger partial charge in [0.15, 0.2) is 5.11 Å². The number of fused-ring (bicyclic) bond motifs is 1. The summed E-state index contributed by atoms with van der Waals surface area (Å²) in [6.45, 7) is 3.15. The van der Waals surface area contributed by atoms with Gasteiger partial charge in [-0.05, 0) is 58.7 Å². The Hall–Kier alpha value is -3.18. The fourth-order valence-corrected chi connectivity index (χ4v) is 3.69. The van der Waals surface area contributed by atoms with E-state index >= 15 is 0 Å². The molecular formula is C24H22N2O2S. The number of carbonyl (C=O) groups excluding carboxylic acids is 1. The summed E-state index contributed by atoms with van der Waals surface area (Å²) in [5.41, 5.74) is 2.58. The molecule has 0 aliphatic carbocycles. The van der Waals surface area contributed by atoms with Crippen molar-refractivity contribution in [3.8, 4) is 5.75 Å². The maximum Gasteiger partial charge on any atom is 0.276 e. The summed E-state index contributed by atoms with van der Waals surface area (Å²) in [4.78, 5) is 14.0. The van der Waals surface area contributed by atoms with Gasteiger partial charge >= 0.3 is 0 Å². The van der Waals surface area contributed by atoms with Crippen LogP contribution in [0.25, 0.3) is 16.8 Å².